The van der Waals surface area contributed by atoms with Crippen molar-refractivity contribution in [3.05, 3.63) is 41.6 Å². The molecule has 0 aliphatic carbocycles. The smallest absolute Gasteiger partial charge is 0.337 e. The summed E-state index contributed by atoms with van der Waals surface area (Å²) in [7, 11) is 0. The summed E-state index contributed by atoms with van der Waals surface area (Å²) in [4.78, 5) is 21.4. The van der Waals surface area contributed by atoms with Crippen LogP contribution in [0.4, 0.5) is 16.4 Å². The monoisotopic (exact) mass is 475 g/mol. The molecule has 0 bridgehead atoms. The summed E-state index contributed by atoms with van der Waals surface area (Å²) >= 11 is 6.12. The lowest BCUT2D eigenvalue weighted by Gasteiger charge is -2.27. The minimum Gasteiger partial charge on any atom is -0.366 e. The maximum absolute atomic E-state index is 12.6. The van der Waals surface area contributed by atoms with E-state index in [1.165, 1.54) is 0 Å². The van der Waals surface area contributed by atoms with E-state index >= 15 is 0 Å². The van der Waals surface area contributed by atoms with Crippen LogP contribution in [0.3, 0.4) is 0 Å². The van der Waals surface area contributed by atoms with Crippen LogP contribution in [0.25, 0.3) is 0 Å². The second-order valence-corrected chi connectivity index (χ2v) is 8.46. The van der Waals surface area contributed by atoms with Crippen LogP contribution < -0.4 is 21.5 Å². The van der Waals surface area contributed by atoms with E-state index in [0.29, 0.717) is 36.2 Å². The molecule has 1 aromatic heterocycles. The van der Waals surface area contributed by atoms with Crippen molar-refractivity contribution in [1.82, 2.24) is 15.7 Å². The first-order valence-corrected chi connectivity index (χ1v) is 11.4. The van der Waals surface area contributed by atoms with Gasteiger partial charge in [-0.15, -0.1) is 6.58 Å². The Hall–Kier alpha value is -2.91. The number of amides is 2. The van der Waals surface area contributed by atoms with Crippen molar-refractivity contribution in [3.63, 3.8) is 0 Å². The third-order valence-corrected chi connectivity index (χ3v) is 5.17. The molecule has 1 aromatic rings. The molecule has 1 aliphatic rings. The number of halogens is 1. The molecule has 180 valence electrons. The van der Waals surface area contributed by atoms with Crippen LogP contribution in [0, 0.1) is 11.3 Å². The number of pyridine rings is 1. The number of hydrogen-bond donors (Lipinski definition) is 5. The van der Waals surface area contributed by atoms with Gasteiger partial charge >= 0.3 is 6.03 Å². The topological polar surface area (TPSA) is 124 Å². The van der Waals surface area contributed by atoms with E-state index in [1.54, 1.807) is 19.1 Å². The van der Waals surface area contributed by atoms with E-state index in [0.717, 1.165) is 17.5 Å². The van der Waals surface area contributed by atoms with Crippen LogP contribution in [-0.2, 0) is 4.74 Å². The zero-order valence-electron chi connectivity index (χ0n) is 19.9. The first kappa shape index (κ1) is 26.3. The molecule has 0 saturated heterocycles. The van der Waals surface area contributed by atoms with E-state index in [2.05, 4.69) is 38.0 Å². The summed E-state index contributed by atoms with van der Waals surface area (Å²) in [6.07, 6.45) is 3.75. The predicted octanol–water partition coefficient (Wildman–Crippen LogP) is 4.74. The Morgan fingerprint density at radius 1 is 1.42 bits per heavy atom. The molecule has 33 heavy (non-hydrogen) atoms. The highest BCUT2D eigenvalue weighted by Gasteiger charge is 2.26. The maximum Gasteiger partial charge on any atom is 0.337 e. The summed E-state index contributed by atoms with van der Waals surface area (Å²) in [5, 5.41) is 14.4. The van der Waals surface area contributed by atoms with Crippen molar-refractivity contribution < 1.29 is 9.53 Å². The van der Waals surface area contributed by atoms with Gasteiger partial charge in [0.2, 0.25) is 0 Å². The molecular weight excluding hydrogens is 442 g/mol. The fraction of sp³-hybridized carbons (Fsp3) is 0.478. The van der Waals surface area contributed by atoms with Crippen molar-refractivity contribution in [1.29, 1.82) is 5.41 Å². The molecule has 2 amide bonds. The molecule has 0 spiro atoms. The van der Waals surface area contributed by atoms with Gasteiger partial charge in [-0.3, -0.25) is 10.9 Å². The second-order valence-electron chi connectivity index (χ2n) is 8.08. The van der Waals surface area contributed by atoms with E-state index in [1.807, 2.05) is 33.8 Å². The Balaban J connectivity index is 2.14. The van der Waals surface area contributed by atoms with Crippen LogP contribution in [0.2, 0.25) is 0 Å². The van der Waals surface area contributed by atoms with Crippen LogP contribution in [0.5, 0.6) is 0 Å². The number of hydrazine groups is 1. The van der Waals surface area contributed by atoms with Gasteiger partial charge in [0.25, 0.3) is 0 Å². The number of urea groups is 1. The molecule has 0 fully saturated rings. The minimum absolute atomic E-state index is 0.150. The number of anilines is 2. The maximum atomic E-state index is 12.6. The third-order valence-electron chi connectivity index (χ3n) is 4.96. The molecule has 10 heteroatoms. The van der Waals surface area contributed by atoms with Gasteiger partial charge in [0.1, 0.15) is 16.8 Å². The molecule has 2 atom stereocenters. The summed E-state index contributed by atoms with van der Waals surface area (Å²) in [5.74, 6) is 0.984. The van der Waals surface area contributed by atoms with Crippen LogP contribution in [0.1, 0.15) is 58.1 Å². The normalized spacial score (nSPS) is 17.7. The molecule has 0 radical (unpaired) electrons. The summed E-state index contributed by atoms with van der Waals surface area (Å²) in [6.45, 7) is 14.5. The largest absolute Gasteiger partial charge is 0.366 e. The molecule has 0 saturated carbocycles. The Labute approximate surface area is 200 Å². The van der Waals surface area contributed by atoms with E-state index < -0.39 is 12.3 Å². The molecule has 5 N–H and O–H groups in total. The van der Waals surface area contributed by atoms with Crippen LogP contribution in [-0.4, -0.2) is 41.3 Å². The third kappa shape index (κ3) is 7.30. The van der Waals surface area contributed by atoms with Gasteiger partial charge in [0, 0.05) is 36.0 Å². The number of carbonyl (C=O) groups excluding carboxylic acids is 1. The van der Waals surface area contributed by atoms with Gasteiger partial charge in [-0.05, 0) is 37.0 Å². The number of nitrogens with zero attached hydrogens (tertiary/aromatic N) is 2. The average Bonchev–Trinajstić information content (AvgIpc) is 2.76. The van der Waals surface area contributed by atoms with Crippen molar-refractivity contribution in [2.24, 2.45) is 10.9 Å². The van der Waals surface area contributed by atoms with E-state index in [-0.39, 0.29) is 17.0 Å². The highest BCUT2D eigenvalue weighted by Crippen LogP contribution is 2.28. The number of aliphatic imine (C=N–C) groups is 1. The van der Waals surface area contributed by atoms with Gasteiger partial charge in [-0.2, -0.15) is 0 Å². The van der Waals surface area contributed by atoms with Crippen LogP contribution in [0.15, 0.2) is 35.5 Å². The van der Waals surface area contributed by atoms with Gasteiger partial charge in [0.15, 0.2) is 6.23 Å². The van der Waals surface area contributed by atoms with E-state index in [9.17, 15) is 4.79 Å². The Kier molecular flexibility index (Phi) is 9.87. The summed E-state index contributed by atoms with van der Waals surface area (Å²) < 4.78 is 5.73. The van der Waals surface area contributed by atoms with Crippen molar-refractivity contribution in [2.75, 3.05) is 23.9 Å². The molecular formula is C23H34ClN7O2. The lowest BCUT2D eigenvalue weighted by atomic mass is 9.95. The predicted molar refractivity (Wildman–Crippen MR) is 135 cm³/mol. The molecule has 2 unspecified atom stereocenters. The number of rotatable bonds is 11. The number of aromatic nitrogens is 1. The highest BCUT2D eigenvalue weighted by atomic mass is 35.5. The average molecular weight is 476 g/mol. The van der Waals surface area contributed by atoms with Gasteiger partial charge in [-0.1, -0.05) is 45.4 Å². The molecule has 2 heterocycles. The number of allylic oxidation sites excluding steroid dienone is 1. The van der Waals surface area contributed by atoms with Crippen molar-refractivity contribution >= 4 is 40.2 Å². The summed E-state index contributed by atoms with van der Waals surface area (Å²) in [6, 6.07) is 1.35. The quantitative estimate of drug-likeness (QED) is 0.180. The fourth-order valence-electron chi connectivity index (χ4n) is 3.31. The molecule has 1 aliphatic heterocycles. The number of dihydropyridines is 1. The Bertz CT molecular complexity index is 943. The van der Waals surface area contributed by atoms with Crippen molar-refractivity contribution in [3.8, 4) is 0 Å². The molecule has 9 nitrogen and oxygen atoms in total. The second kappa shape index (κ2) is 12.4. The minimum atomic E-state index is -0.477. The van der Waals surface area contributed by atoms with Gasteiger partial charge in [0.05, 0.1) is 0 Å². The zero-order chi connectivity index (χ0) is 24.5. The Morgan fingerprint density at radius 3 is 2.76 bits per heavy atom. The van der Waals surface area contributed by atoms with Gasteiger partial charge in [-0.25, -0.2) is 14.8 Å². The number of carbonyl (C=O) groups is 1. The zero-order valence-corrected chi connectivity index (χ0v) is 20.6. The number of ether oxygens (including phenoxy) is 1. The number of nitrogens with one attached hydrogen (secondary N) is 5. The first-order valence-electron chi connectivity index (χ1n) is 11.0. The molecule has 2 rings (SSSR count). The summed E-state index contributed by atoms with van der Waals surface area (Å²) in [5.41, 5.74) is 8.16. The SMILES string of the molecule is C=CCNc1nc(NNC(=O)NC2=CC(Cl)=NC(OCCC)C2C)cc(C(C)C)c1C(C)=N. The molecule has 0 aromatic carbocycles. The lowest BCUT2D eigenvalue weighted by Crippen LogP contribution is -2.42. The fourth-order valence-corrected chi connectivity index (χ4v) is 3.53. The lowest BCUT2D eigenvalue weighted by molar-refractivity contribution is 0.0317. The first-order chi connectivity index (χ1) is 15.7. The van der Waals surface area contributed by atoms with Crippen LogP contribution >= 0.6 is 11.6 Å². The number of hydrogen-bond acceptors (Lipinski definition) is 7. The van der Waals surface area contributed by atoms with Gasteiger partial charge < -0.3 is 20.8 Å². The van der Waals surface area contributed by atoms with Crippen molar-refractivity contribution in [2.45, 2.75) is 53.2 Å². The standard InChI is InChI=1S/C23H34ClN7O2/c1-7-9-26-21-20(15(6)25)16(13(3)4)11-19(29-21)30-31-23(32)27-17-12-18(24)28-22(14(17)5)33-10-8-2/h7,11-14,22,25H,1,8-10H2,2-6H3,(H2,26,29,30)(H2,27,31,32). The Morgan fingerprint density at radius 2 is 2.15 bits per heavy atom. The van der Waals surface area contributed by atoms with E-state index in [4.69, 9.17) is 21.7 Å². The highest BCUT2D eigenvalue weighted by molar-refractivity contribution is 6.68.